The van der Waals surface area contributed by atoms with Gasteiger partial charge in [-0.05, 0) is 37.9 Å². The van der Waals surface area contributed by atoms with Crippen molar-refractivity contribution < 1.29 is 45.6 Å². The fourth-order valence-electron chi connectivity index (χ4n) is 4.88. The van der Waals surface area contributed by atoms with Crippen molar-refractivity contribution in [2.45, 2.75) is 73.1 Å². The van der Waals surface area contributed by atoms with Crippen LogP contribution in [-0.2, 0) is 9.47 Å². The van der Waals surface area contributed by atoms with E-state index in [4.69, 9.17) is 45.5 Å². The Kier molecular flexibility index (Phi) is 8.69. The molecule has 13 nitrogen and oxygen atoms in total. The van der Waals surface area contributed by atoms with Gasteiger partial charge in [-0.1, -0.05) is 5.16 Å². The highest BCUT2D eigenvalue weighted by Gasteiger charge is 2.64. The van der Waals surface area contributed by atoms with Crippen molar-refractivity contribution in [1.29, 1.82) is 0 Å². The summed E-state index contributed by atoms with van der Waals surface area (Å²) in [7, 11) is 23.6. The van der Waals surface area contributed by atoms with Gasteiger partial charge >= 0.3 is 12.2 Å². The Bertz CT molecular complexity index is 1670. The van der Waals surface area contributed by atoms with Crippen LogP contribution in [0, 0.1) is 0 Å². The summed E-state index contributed by atoms with van der Waals surface area (Å²) in [5.74, 6) is -5.10. The number of hydrogen-bond acceptors (Lipinski definition) is 9. The van der Waals surface area contributed by atoms with Crippen molar-refractivity contribution in [2.24, 2.45) is 0 Å². The molecule has 1 aliphatic heterocycles. The summed E-state index contributed by atoms with van der Waals surface area (Å²) >= 11 is 0. The van der Waals surface area contributed by atoms with E-state index in [9.17, 15) is 22.8 Å². The summed E-state index contributed by atoms with van der Waals surface area (Å²) in [6, 6.07) is -2.61. The lowest BCUT2D eigenvalue weighted by Crippen LogP contribution is -2.83. The molecule has 8 radical (unpaired) electrons. The van der Waals surface area contributed by atoms with Crippen molar-refractivity contribution in [3.63, 3.8) is 0 Å². The summed E-state index contributed by atoms with van der Waals surface area (Å²) in [4.78, 5) is 31.0. The highest BCUT2D eigenvalue weighted by molar-refractivity contribution is 6.48. The third-order valence-electron chi connectivity index (χ3n) is 7.98. The predicted octanol–water partition coefficient (Wildman–Crippen LogP) is 1.15. The molecule has 3 aromatic heterocycles. The second-order valence-electron chi connectivity index (χ2n) is 11.9. The molecule has 1 saturated carbocycles. The van der Waals surface area contributed by atoms with E-state index in [2.05, 4.69) is 25.7 Å². The fraction of sp³-hybridized carbons (Fsp3) is 0.600. The minimum atomic E-state index is -4.76. The van der Waals surface area contributed by atoms with E-state index < -0.39 is 65.6 Å². The molecular formula is C25H25B4F5N8O5. The van der Waals surface area contributed by atoms with Gasteiger partial charge in [0.25, 0.3) is 11.8 Å². The summed E-state index contributed by atoms with van der Waals surface area (Å²) in [6.45, 7) is 0.528. The average Bonchev–Trinajstić information content (AvgIpc) is 3.52. The van der Waals surface area contributed by atoms with Crippen molar-refractivity contribution in [2.75, 3.05) is 20.3 Å². The van der Waals surface area contributed by atoms with Crippen LogP contribution in [0.15, 0.2) is 23.1 Å². The number of fused-ring (bicyclic) bond motifs is 1. The maximum Gasteiger partial charge on any atom is 0.416 e. The summed E-state index contributed by atoms with van der Waals surface area (Å²) in [6.07, 6.45) is -0.754. The van der Waals surface area contributed by atoms with E-state index in [1.165, 1.54) is 30.1 Å². The summed E-state index contributed by atoms with van der Waals surface area (Å²) < 4.78 is 87.5. The molecule has 47 heavy (non-hydrogen) atoms. The quantitative estimate of drug-likeness (QED) is 0.229. The Hall–Kier alpha value is -3.67. The van der Waals surface area contributed by atoms with Crippen molar-refractivity contribution >= 4 is 49.0 Å². The van der Waals surface area contributed by atoms with E-state index in [1.54, 1.807) is 5.32 Å². The number of rotatable bonds is 11. The number of halogens is 5. The number of hydrogen-bond donors (Lipinski definition) is 2. The van der Waals surface area contributed by atoms with Gasteiger partial charge in [0, 0.05) is 29.3 Å². The van der Waals surface area contributed by atoms with Crippen LogP contribution < -0.4 is 10.6 Å². The van der Waals surface area contributed by atoms with Crippen molar-refractivity contribution in [3.8, 4) is 0 Å². The Balaban J connectivity index is 1.49. The van der Waals surface area contributed by atoms with Crippen LogP contribution in [0.4, 0.5) is 26.7 Å². The number of methoxy groups -OCH3 is 1. The Morgan fingerprint density at radius 2 is 1.87 bits per heavy atom. The molecule has 2 fully saturated rings. The molecule has 2 atom stereocenters. The zero-order valence-electron chi connectivity index (χ0n) is 25.2. The summed E-state index contributed by atoms with van der Waals surface area (Å²) in [5, 5.41) is 9.65. The number of urea groups is 1. The third kappa shape index (κ3) is 6.21. The molecule has 0 unspecified atom stereocenters. The minimum Gasteiger partial charge on any atom is -0.382 e. The van der Waals surface area contributed by atoms with Crippen LogP contribution in [0.25, 0.3) is 5.65 Å². The minimum absolute atomic E-state index is 0.000940. The van der Waals surface area contributed by atoms with E-state index in [0.717, 1.165) is 26.7 Å². The number of nitrogens with zero attached hydrogens (tertiary/aromatic N) is 6. The molecule has 22 heteroatoms. The Labute approximate surface area is 269 Å². The van der Waals surface area contributed by atoms with Gasteiger partial charge in [0.15, 0.2) is 16.9 Å². The maximum atomic E-state index is 15.2. The van der Waals surface area contributed by atoms with Gasteiger partial charge in [0.2, 0.25) is 0 Å². The average molecular weight is 656 g/mol. The smallest absolute Gasteiger partial charge is 0.382 e. The number of ether oxygens (including phenoxy) is 2. The largest absolute Gasteiger partial charge is 0.416 e. The van der Waals surface area contributed by atoms with Gasteiger partial charge in [-0.15, -0.1) is 0 Å². The number of alkyl halides is 5. The molecule has 0 spiro atoms. The van der Waals surface area contributed by atoms with Crippen molar-refractivity contribution in [1.82, 2.24) is 40.4 Å². The first-order valence-corrected chi connectivity index (χ1v) is 14.0. The van der Waals surface area contributed by atoms with Crippen LogP contribution in [0.3, 0.4) is 0 Å². The molecule has 2 aliphatic rings. The lowest BCUT2D eigenvalue weighted by Gasteiger charge is -2.58. The molecule has 3 amide bonds. The first kappa shape index (κ1) is 34.7. The Morgan fingerprint density at radius 1 is 1.19 bits per heavy atom. The lowest BCUT2D eigenvalue weighted by molar-refractivity contribution is -0.265. The molecule has 1 saturated heterocycles. The number of aromatic nitrogens is 5. The van der Waals surface area contributed by atoms with E-state index in [1.807, 2.05) is 0 Å². The van der Waals surface area contributed by atoms with E-state index in [-0.39, 0.29) is 28.5 Å². The SMILES string of the molecule is [B]C1([B])NC(=O)N([C@H](COC)c2cnn3cc([C@H](COC(C)(C)C(F)(F)F)NC(=O)c4nonc4C4CC4)nc3c2)C([B])([B])C1(F)F. The van der Waals surface area contributed by atoms with Gasteiger partial charge in [-0.3, -0.25) is 4.79 Å². The molecule has 242 valence electrons. The van der Waals surface area contributed by atoms with Gasteiger partial charge < -0.3 is 25.0 Å². The number of amides is 3. The standard InChI is InChI=1S/C25H25B4F5N8O5/c1-21(2,25(32,33)34)46-9-14(37-19(43)18-17(11-4-5-11)39-47-40-18)13-8-41-16(36-13)6-12(7-35-41)15(10-45-3)42-20(44)38-23(26,27)22(30,31)24(42,28)29/h6-8,11,14-15H,4-5,9-10H2,1-3H3,(H,37,43)(H,38,44)/t14-,15+/m0/s1. The molecule has 1 aliphatic carbocycles. The monoisotopic (exact) mass is 656 g/mol. The van der Waals surface area contributed by atoms with Gasteiger partial charge in [0.1, 0.15) is 5.69 Å². The molecular weight excluding hydrogens is 631 g/mol. The molecule has 5 rings (SSSR count). The molecule has 4 heterocycles. The topological polar surface area (TPSA) is 149 Å². The van der Waals surface area contributed by atoms with Gasteiger partial charge in [-0.2, -0.15) is 18.3 Å². The van der Waals surface area contributed by atoms with Crippen LogP contribution in [0.5, 0.6) is 0 Å². The number of carbonyl (C=O) groups excluding carboxylic acids is 2. The maximum absolute atomic E-state index is 15.2. The van der Waals surface area contributed by atoms with Crippen LogP contribution >= 0.6 is 0 Å². The first-order valence-electron chi connectivity index (χ1n) is 14.0. The van der Waals surface area contributed by atoms with Crippen LogP contribution in [-0.4, -0.2) is 122 Å². The number of carbonyl (C=O) groups is 2. The molecule has 2 N–H and O–H groups in total. The second kappa shape index (κ2) is 11.8. The van der Waals surface area contributed by atoms with Crippen molar-refractivity contribution in [3.05, 3.63) is 41.1 Å². The fourth-order valence-corrected chi connectivity index (χ4v) is 4.88. The predicted molar refractivity (Wildman–Crippen MR) is 154 cm³/mol. The highest BCUT2D eigenvalue weighted by Crippen LogP contribution is 2.44. The molecule has 0 aromatic carbocycles. The summed E-state index contributed by atoms with van der Waals surface area (Å²) in [5.41, 5.74) is -2.36. The van der Waals surface area contributed by atoms with Crippen LogP contribution in [0.2, 0.25) is 0 Å². The lowest BCUT2D eigenvalue weighted by atomic mass is 9.43. The highest BCUT2D eigenvalue weighted by atomic mass is 19.4. The number of nitrogens with one attached hydrogen (secondary N) is 2. The van der Waals surface area contributed by atoms with Gasteiger partial charge in [-0.25, -0.2) is 27.7 Å². The molecule has 0 bridgehead atoms. The van der Waals surface area contributed by atoms with E-state index in [0.29, 0.717) is 10.6 Å². The van der Waals surface area contributed by atoms with Crippen LogP contribution in [0.1, 0.15) is 72.1 Å². The Morgan fingerprint density at radius 3 is 2.49 bits per heavy atom. The molecule has 3 aromatic rings. The zero-order chi connectivity index (χ0) is 34.7. The second-order valence-corrected chi connectivity index (χ2v) is 11.9. The normalized spacial score (nSPS) is 20.5. The van der Waals surface area contributed by atoms with Gasteiger partial charge in [0.05, 0.1) is 74.8 Å². The third-order valence-corrected chi connectivity index (χ3v) is 7.98. The number of imidazole rings is 1. The zero-order valence-corrected chi connectivity index (χ0v) is 25.2. The first-order chi connectivity index (χ1) is 21.7. The van der Waals surface area contributed by atoms with E-state index >= 15 is 8.78 Å².